The number of hydrogen-bond acceptors (Lipinski definition) is 7. The number of rotatable bonds is 8. The van der Waals surface area contributed by atoms with E-state index in [-0.39, 0.29) is 44.7 Å². The lowest BCUT2D eigenvalue weighted by Gasteiger charge is -2.38. The number of aromatic nitrogens is 3. The van der Waals surface area contributed by atoms with Crippen LogP contribution >= 0.6 is 34.5 Å². The Balaban J connectivity index is 1.57. The number of nitrogens with zero attached hydrogens (tertiary/aromatic N) is 3. The molecule has 36 heavy (non-hydrogen) atoms. The van der Waals surface area contributed by atoms with E-state index in [1.807, 2.05) is 4.90 Å². The fraction of sp³-hybridized carbons (Fsp3) is 0.304. The van der Waals surface area contributed by atoms with E-state index in [0.29, 0.717) is 30.3 Å². The van der Waals surface area contributed by atoms with E-state index in [2.05, 4.69) is 26.8 Å². The fourth-order valence-electron chi connectivity index (χ4n) is 3.89. The van der Waals surface area contributed by atoms with Crippen LogP contribution in [0.25, 0.3) is 11.4 Å². The highest BCUT2D eigenvalue weighted by Crippen LogP contribution is 2.35. The number of amides is 1. The van der Waals surface area contributed by atoms with Crippen molar-refractivity contribution < 1.29 is 23.8 Å². The molecule has 4 rings (SSSR count). The summed E-state index contributed by atoms with van der Waals surface area (Å²) in [7, 11) is 0. The summed E-state index contributed by atoms with van der Waals surface area (Å²) in [6, 6.07) is 2.24. The van der Waals surface area contributed by atoms with Crippen molar-refractivity contribution in [2.75, 3.05) is 24.6 Å². The van der Waals surface area contributed by atoms with Crippen LogP contribution in [-0.2, 0) is 4.74 Å². The molecule has 0 bridgehead atoms. The first-order valence-corrected chi connectivity index (χ1v) is 12.4. The third-order valence-corrected chi connectivity index (χ3v) is 7.70. The number of piperidine rings is 1. The molecule has 1 aliphatic rings. The topological polar surface area (TPSA) is 120 Å². The van der Waals surface area contributed by atoms with E-state index >= 15 is 0 Å². The number of aryl methyl sites for hydroxylation is 1. The molecule has 0 aromatic carbocycles. The Hall–Kier alpha value is -2.99. The van der Waals surface area contributed by atoms with E-state index < -0.39 is 23.8 Å². The van der Waals surface area contributed by atoms with Crippen LogP contribution in [0.2, 0.25) is 10.0 Å². The van der Waals surface area contributed by atoms with Gasteiger partial charge in [0.2, 0.25) is 0 Å². The number of ether oxygens (including phenoxy) is 1. The summed E-state index contributed by atoms with van der Waals surface area (Å²) >= 11 is 13.2. The molecule has 0 radical (unpaired) electrons. The third kappa shape index (κ3) is 5.24. The number of carboxylic acid groups (broad SMARTS) is 1. The molecule has 1 fully saturated rings. The zero-order valence-corrected chi connectivity index (χ0v) is 21.4. The number of nitrogens with one attached hydrogen (secondary N) is 2. The Bertz CT molecular complexity index is 1310. The number of aromatic carboxylic acids is 1. The van der Waals surface area contributed by atoms with Gasteiger partial charge in [0.1, 0.15) is 22.0 Å². The van der Waals surface area contributed by atoms with Gasteiger partial charge in [0.05, 0.1) is 28.8 Å². The minimum Gasteiger partial charge on any atom is -0.477 e. The Morgan fingerprint density at radius 1 is 1.42 bits per heavy atom. The van der Waals surface area contributed by atoms with Crippen molar-refractivity contribution in [1.82, 2.24) is 20.3 Å². The van der Waals surface area contributed by atoms with Crippen molar-refractivity contribution in [3.05, 3.63) is 63.1 Å². The molecule has 4 heterocycles. The van der Waals surface area contributed by atoms with Crippen LogP contribution < -0.4 is 10.2 Å². The van der Waals surface area contributed by atoms with E-state index in [4.69, 9.17) is 27.9 Å². The molecule has 3 aromatic rings. The maximum atomic E-state index is 14.3. The number of pyridine rings is 1. The molecule has 9 nitrogen and oxygen atoms in total. The maximum Gasteiger partial charge on any atom is 0.348 e. The third-order valence-electron chi connectivity index (χ3n) is 5.65. The number of halogens is 3. The predicted octanol–water partition coefficient (Wildman–Crippen LogP) is 4.57. The van der Waals surface area contributed by atoms with Gasteiger partial charge in [0.15, 0.2) is 10.9 Å². The van der Waals surface area contributed by atoms with Gasteiger partial charge in [0, 0.05) is 25.0 Å². The van der Waals surface area contributed by atoms with Crippen LogP contribution in [0.1, 0.15) is 32.3 Å². The number of H-pyrrole nitrogens is 1. The van der Waals surface area contributed by atoms with Gasteiger partial charge in [0.25, 0.3) is 5.91 Å². The van der Waals surface area contributed by atoms with Crippen molar-refractivity contribution in [2.24, 2.45) is 0 Å². The lowest BCUT2D eigenvalue weighted by molar-refractivity contribution is 0.0355. The average molecular weight is 554 g/mol. The van der Waals surface area contributed by atoms with Gasteiger partial charge >= 0.3 is 5.97 Å². The monoisotopic (exact) mass is 553 g/mol. The van der Waals surface area contributed by atoms with Crippen molar-refractivity contribution in [3.63, 3.8) is 0 Å². The summed E-state index contributed by atoms with van der Waals surface area (Å²) in [5.41, 5.74) is 0.584. The van der Waals surface area contributed by atoms with Crippen molar-refractivity contribution in [1.29, 1.82) is 0 Å². The van der Waals surface area contributed by atoms with Crippen LogP contribution in [0.4, 0.5) is 9.52 Å². The highest BCUT2D eigenvalue weighted by Gasteiger charge is 2.34. The first kappa shape index (κ1) is 26.1. The first-order chi connectivity index (χ1) is 17.2. The second-order valence-corrected chi connectivity index (χ2v) is 9.77. The van der Waals surface area contributed by atoms with E-state index in [0.717, 1.165) is 11.3 Å². The largest absolute Gasteiger partial charge is 0.477 e. The van der Waals surface area contributed by atoms with E-state index in [9.17, 15) is 19.1 Å². The van der Waals surface area contributed by atoms with Crippen LogP contribution in [0, 0.1) is 12.7 Å². The molecule has 0 aliphatic carbocycles. The molecule has 0 unspecified atom stereocenters. The average Bonchev–Trinajstić information content (AvgIpc) is 3.41. The number of thiazole rings is 1. The van der Waals surface area contributed by atoms with Crippen LogP contribution in [0.15, 0.2) is 31.0 Å². The van der Waals surface area contributed by atoms with Gasteiger partial charge in [-0.05, 0) is 25.5 Å². The molecule has 190 valence electrons. The molecule has 13 heteroatoms. The van der Waals surface area contributed by atoms with Crippen molar-refractivity contribution in [3.8, 4) is 11.4 Å². The Morgan fingerprint density at radius 2 is 2.19 bits per heavy atom. The summed E-state index contributed by atoms with van der Waals surface area (Å²) in [5, 5.41) is 13.5. The van der Waals surface area contributed by atoms with Crippen molar-refractivity contribution >= 4 is 51.5 Å². The number of carboxylic acids is 1. The standard InChI is InChI=1S/C23H22Cl2FN5O4S/c1-3-9-35-14-10-31(8-6-13(14)29-21(32)18-16(25)15(24)11(2)28-18)23-30-19(20(36-23)22(33)34)17-12(26)5-4-7-27-17/h3-5,7,13-14,28H,1,6,8-10H2,2H3,(H,29,32)(H,33,34)/t13-,14+/m1/s1. The molecular weight excluding hydrogens is 532 g/mol. The minimum absolute atomic E-state index is 0.0341. The molecule has 3 aromatic heterocycles. The first-order valence-electron chi connectivity index (χ1n) is 10.9. The molecule has 1 aliphatic heterocycles. The predicted molar refractivity (Wildman–Crippen MR) is 136 cm³/mol. The number of aromatic amines is 1. The van der Waals surface area contributed by atoms with Crippen molar-refractivity contribution in [2.45, 2.75) is 25.5 Å². The highest BCUT2D eigenvalue weighted by atomic mass is 35.5. The SMILES string of the molecule is C=CCO[C@H]1CN(c2nc(-c3ncccc3F)c(C(=O)O)s2)CC[C@H]1NC(=O)c1[nH]c(C)c(Cl)c1Cl. The minimum atomic E-state index is -1.22. The molecule has 0 spiro atoms. The van der Waals surface area contributed by atoms with Crippen LogP contribution in [0.3, 0.4) is 0 Å². The lowest BCUT2D eigenvalue weighted by atomic mass is 10.0. The summed E-state index contributed by atoms with van der Waals surface area (Å²) < 4.78 is 20.3. The fourth-order valence-corrected chi connectivity index (χ4v) is 5.25. The second-order valence-electron chi connectivity index (χ2n) is 8.04. The molecule has 3 N–H and O–H groups in total. The summed E-state index contributed by atoms with van der Waals surface area (Å²) in [6.07, 6.45) is 2.96. The summed E-state index contributed by atoms with van der Waals surface area (Å²) in [6.45, 7) is 6.36. The molecule has 1 saturated heterocycles. The van der Waals surface area contributed by atoms with Gasteiger partial charge < -0.3 is 25.0 Å². The number of anilines is 1. The van der Waals surface area contributed by atoms with Gasteiger partial charge in [-0.2, -0.15) is 0 Å². The Kier molecular flexibility index (Phi) is 7.94. The molecule has 2 atom stereocenters. The van der Waals surface area contributed by atoms with Crippen LogP contribution in [-0.4, -0.2) is 63.8 Å². The van der Waals surface area contributed by atoms with Gasteiger partial charge in [-0.25, -0.2) is 14.2 Å². The smallest absolute Gasteiger partial charge is 0.348 e. The zero-order chi connectivity index (χ0) is 26.0. The molecule has 0 saturated carbocycles. The van der Waals surface area contributed by atoms with E-state index in [1.54, 1.807) is 13.0 Å². The maximum absolute atomic E-state index is 14.3. The number of carbonyl (C=O) groups is 2. The highest BCUT2D eigenvalue weighted by molar-refractivity contribution is 7.17. The van der Waals surface area contributed by atoms with E-state index in [1.165, 1.54) is 18.3 Å². The molecule has 1 amide bonds. The normalized spacial score (nSPS) is 17.7. The van der Waals surface area contributed by atoms with Gasteiger partial charge in [-0.15, -0.1) is 6.58 Å². The van der Waals surface area contributed by atoms with Crippen LogP contribution in [0.5, 0.6) is 0 Å². The summed E-state index contributed by atoms with van der Waals surface area (Å²) in [5.74, 6) is -2.31. The Labute approximate surface area is 219 Å². The Morgan fingerprint density at radius 3 is 2.83 bits per heavy atom. The number of hydrogen-bond donors (Lipinski definition) is 3. The van der Waals surface area contributed by atoms with Gasteiger partial charge in [-0.1, -0.05) is 40.6 Å². The number of carbonyl (C=O) groups excluding carboxylic acids is 1. The lowest BCUT2D eigenvalue weighted by Crippen LogP contribution is -2.55. The zero-order valence-electron chi connectivity index (χ0n) is 19.1. The second kappa shape index (κ2) is 11.0. The van der Waals surface area contributed by atoms with Gasteiger partial charge in [-0.3, -0.25) is 9.78 Å². The summed E-state index contributed by atoms with van der Waals surface area (Å²) in [4.78, 5) is 37.8. The molecular formula is C23H22Cl2FN5O4S. The quantitative estimate of drug-likeness (QED) is 0.349.